The standard InChI is InChI=1S/C17H24N2O/c1-17(2)7-15(14-5-3-4-6-16(14)20-17)19-10-12-8-18-9-13(12)11-19/h3-6,12-13,15,18H,7-11H2,1-2H3/t12-,13+,15?. The van der Waals surface area contributed by atoms with Crippen LogP contribution in [0.1, 0.15) is 31.9 Å². The molecule has 1 aromatic rings. The Morgan fingerprint density at radius 1 is 1.15 bits per heavy atom. The number of fused-ring (bicyclic) bond motifs is 2. The predicted molar refractivity (Wildman–Crippen MR) is 79.9 cm³/mol. The average molecular weight is 272 g/mol. The monoisotopic (exact) mass is 272 g/mol. The molecule has 0 spiro atoms. The molecule has 0 amide bonds. The first-order valence-corrected chi connectivity index (χ1v) is 7.85. The van der Waals surface area contributed by atoms with Crippen molar-refractivity contribution in [3.05, 3.63) is 29.8 Å². The van der Waals surface area contributed by atoms with E-state index in [1.54, 1.807) is 0 Å². The van der Waals surface area contributed by atoms with E-state index in [0.717, 1.165) is 24.0 Å². The first kappa shape index (κ1) is 12.7. The molecular formula is C17H24N2O. The zero-order valence-electron chi connectivity index (χ0n) is 12.4. The molecule has 2 saturated heterocycles. The van der Waals surface area contributed by atoms with Gasteiger partial charge in [0.2, 0.25) is 0 Å². The summed E-state index contributed by atoms with van der Waals surface area (Å²) in [6, 6.07) is 9.13. The van der Waals surface area contributed by atoms with Gasteiger partial charge in [0.15, 0.2) is 0 Å². The van der Waals surface area contributed by atoms with Gasteiger partial charge >= 0.3 is 0 Å². The SMILES string of the molecule is CC1(C)CC(N2C[C@H]3CNC[C@H]3C2)c2ccccc2O1. The summed E-state index contributed by atoms with van der Waals surface area (Å²) in [6.07, 6.45) is 1.09. The van der Waals surface area contributed by atoms with Crippen LogP contribution in [0.4, 0.5) is 0 Å². The Balaban J connectivity index is 1.64. The van der Waals surface area contributed by atoms with Crippen molar-refractivity contribution >= 4 is 0 Å². The Hall–Kier alpha value is -1.06. The van der Waals surface area contributed by atoms with Gasteiger partial charge in [0, 0.05) is 31.1 Å². The fourth-order valence-corrected chi connectivity index (χ4v) is 4.24. The van der Waals surface area contributed by atoms with Crippen molar-refractivity contribution < 1.29 is 4.74 Å². The second kappa shape index (κ2) is 4.47. The lowest BCUT2D eigenvalue weighted by Gasteiger charge is -2.41. The summed E-state index contributed by atoms with van der Waals surface area (Å²) < 4.78 is 6.16. The molecule has 1 unspecified atom stereocenters. The zero-order valence-corrected chi connectivity index (χ0v) is 12.4. The van der Waals surface area contributed by atoms with E-state index in [1.165, 1.54) is 31.7 Å². The van der Waals surface area contributed by atoms with Gasteiger partial charge in [-0.3, -0.25) is 4.90 Å². The number of nitrogens with one attached hydrogen (secondary N) is 1. The Bertz CT molecular complexity index is 501. The van der Waals surface area contributed by atoms with Gasteiger partial charge in [-0.2, -0.15) is 0 Å². The molecule has 1 aromatic carbocycles. The van der Waals surface area contributed by atoms with Crippen LogP contribution < -0.4 is 10.1 Å². The van der Waals surface area contributed by atoms with Crippen LogP contribution in [0.2, 0.25) is 0 Å². The van der Waals surface area contributed by atoms with E-state index in [2.05, 4.69) is 48.3 Å². The highest BCUT2D eigenvalue weighted by Crippen LogP contribution is 2.44. The second-order valence-corrected chi connectivity index (χ2v) is 7.25. The molecule has 3 heterocycles. The summed E-state index contributed by atoms with van der Waals surface area (Å²) in [5.74, 6) is 2.80. The zero-order chi connectivity index (χ0) is 13.7. The summed E-state index contributed by atoms with van der Waals surface area (Å²) in [7, 11) is 0. The molecule has 3 heteroatoms. The van der Waals surface area contributed by atoms with E-state index in [-0.39, 0.29) is 5.60 Å². The van der Waals surface area contributed by atoms with E-state index < -0.39 is 0 Å². The molecule has 3 aliphatic heterocycles. The largest absolute Gasteiger partial charge is 0.487 e. The van der Waals surface area contributed by atoms with Gasteiger partial charge in [-0.15, -0.1) is 0 Å². The van der Waals surface area contributed by atoms with Crippen LogP contribution in [-0.4, -0.2) is 36.7 Å². The molecule has 0 bridgehead atoms. The molecule has 0 aromatic heterocycles. The lowest BCUT2D eigenvalue weighted by Crippen LogP contribution is -2.41. The molecule has 20 heavy (non-hydrogen) atoms. The normalized spacial score (nSPS) is 35.4. The summed E-state index contributed by atoms with van der Waals surface area (Å²) in [5.41, 5.74) is 1.33. The number of rotatable bonds is 1. The number of para-hydroxylation sites is 1. The number of benzene rings is 1. The van der Waals surface area contributed by atoms with Crippen LogP contribution in [0.25, 0.3) is 0 Å². The van der Waals surface area contributed by atoms with Crippen molar-refractivity contribution in [3.63, 3.8) is 0 Å². The van der Waals surface area contributed by atoms with Gasteiger partial charge < -0.3 is 10.1 Å². The third-order valence-corrected chi connectivity index (χ3v) is 5.21. The summed E-state index contributed by atoms with van der Waals surface area (Å²) in [5, 5.41) is 3.53. The number of ether oxygens (including phenoxy) is 1. The minimum Gasteiger partial charge on any atom is -0.487 e. The predicted octanol–water partition coefficient (Wildman–Crippen LogP) is 2.44. The first-order valence-electron chi connectivity index (χ1n) is 7.85. The number of likely N-dealkylation sites (tertiary alicyclic amines) is 1. The smallest absolute Gasteiger partial charge is 0.124 e. The van der Waals surface area contributed by atoms with Crippen LogP contribution in [0.3, 0.4) is 0 Å². The highest BCUT2D eigenvalue weighted by atomic mass is 16.5. The van der Waals surface area contributed by atoms with Crippen LogP contribution in [0.5, 0.6) is 5.75 Å². The molecule has 108 valence electrons. The molecule has 0 radical (unpaired) electrons. The van der Waals surface area contributed by atoms with Crippen molar-refractivity contribution in [1.29, 1.82) is 0 Å². The number of hydrogen-bond acceptors (Lipinski definition) is 3. The molecular weight excluding hydrogens is 248 g/mol. The molecule has 2 fully saturated rings. The summed E-state index contributed by atoms with van der Waals surface area (Å²) in [6.45, 7) is 9.33. The summed E-state index contributed by atoms with van der Waals surface area (Å²) >= 11 is 0. The highest BCUT2D eigenvalue weighted by Gasteiger charge is 2.43. The van der Waals surface area contributed by atoms with Crippen molar-refractivity contribution in [2.45, 2.75) is 31.9 Å². The number of hydrogen-bond donors (Lipinski definition) is 1. The maximum absolute atomic E-state index is 6.16. The quantitative estimate of drug-likeness (QED) is 0.850. The Morgan fingerprint density at radius 3 is 2.60 bits per heavy atom. The van der Waals surface area contributed by atoms with Gasteiger partial charge in [-0.1, -0.05) is 18.2 Å². The highest BCUT2D eigenvalue weighted by molar-refractivity contribution is 5.39. The minimum absolute atomic E-state index is 0.0605. The van der Waals surface area contributed by atoms with E-state index in [0.29, 0.717) is 6.04 Å². The van der Waals surface area contributed by atoms with Gasteiger partial charge in [0.1, 0.15) is 11.4 Å². The van der Waals surface area contributed by atoms with Crippen LogP contribution in [0.15, 0.2) is 24.3 Å². The van der Waals surface area contributed by atoms with Crippen LogP contribution in [0, 0.1) is 11.8 Å². The first-order chi connectivity index (χ1) is 9.62. The third-order valence-electron chi connectivity index (χ3n) is 5.21. The molecule has 4 rings (SSSR count). The number of nitrogens with zero attached hydrogens (tertiary/aromatic N) is 1. The minimum atomic E-state index is -0.0605. The van der Waals surface area contributed by atoms with E-state index in [4.69, 9.17) is 4.74 Å². The maximum atomic E-state index is 6.16. The topological polar surface area (TPSA) is 24.5 Å². The van der Waals surface area contributed by atoms with E-state index >= 15 is 0 Å². The molecule has 0 saturated carbocycles. The molecule has 0 aliphatic carbocycles. The second-order valence-electron chi connectivity index (χ2n) is 7.25. The van der Waals surface area contributed by atoms with Crippen molar-refractivity contribution in [2.24, 2.45) is 11.8 Å². The fraction of sp³-hybridized carbons (Fsp3) is 0.647. The molecule has 3 atom stereocenters. The lowest BCUT2D eigenvalue weighted by molar-refractivity contribution is 0.0346. The van der Waals surface area contributed by atoms with Crippen molar-refractivity contribution in [1.82, 2.24) is 10.2 Å². The van der Waals surface area contributed by atoms with Crippen molar-refractivity contribution in [3.8, 4) is 5.75 Å². The summed E-state index contributed by atoms with van der Waals surface area (Å²) in [4.78, 5) is 2.71. The van der Waals surface area contributed by atoms with Gasteiger partial charge in [0.05, 0.1) is 0 Å². The lowest BCUT2D eigenvalue weighted by atomic mass is 9.89. The van der Waals surface area contributed by atoms with Crippen LogP contribution in [-0.2, 0) is 0 Å². The van der Waals surface area contributed by atoms with E-state index in [9.17, 15) is 0 Å². The van der Waals surface area contributed by atoms with Gasteiger partial charge in [-0.05, 0) is 44.8 Å². The molecule has 3 aliphatic rings. The molecule has 1 N–H and O–H groups in total. The average Bonchev–Trinajstić information content (AvgIpc) is 2.97. The van der Waals surface area contributed by atoms with Gasteiger partial charge in [0.25, 0.3) is 0 Å². The fourth-order valence-electron chi connectivity index (χ4n) is 4.24. The van der Waals surface area contributed by atoms with Gasteiger partial charge in [-0.25, -0.2) is 0 Å². The van der Waals surface area contributed by atoms with Crippen LogP contribution >= 0.6 is 0 Å². The molecule has 3 nitrogen and oxygen atoms in total. The van der Waals surface area contributed by atoms with E-state index in [1.807, 2.05) is 0 Å². The Kier molecular flexibility index (Phi) is 2.83. The maximum Gasteiger partial charge on any atom is 0.124 e. The van der Waals surface area contributed by atoms with Crippen molar-refractivity contribution in [2.75, 3.05) is 26.2 Å². The third kappa shape index (κ3) is 2.04. The Labute approximate surface area is 121 Å². The Morgan fingerprint density at radius 2 is 1.85 bits per heavy atom.